The van der Waals surface area contributed by atoms with Crippen LogP contribution in [0, 0.1) is 20.8 Å². The number of nitrogens with one attached hydrogen (secondary N) is 1. The molecule has 0 fully saturated rings. The van der Waals surface area contributed by atoms with Crippen molar-refractivity contribution in [2.75, 3.05) is 5.32 Å². The highest BCUT2D eigenvalue weighted by molar-refractivity contribution is 7.11. The SMILES string of the molecule is Cc1ccc(NC(=O)[C@H](C)OC(=O)/C=C/c2sccc2C)c(C)c1. The summed E-state index contributed by atoms with van der Waals surface area (Å²) < 4.78 is 5.15. The molecule has 0 saturated heterocycles. The Morgan fingerprint density at radius 2 is 1.92 bits per heavy atom. The number of rotatable bonds is 5. The van der Waals surface area contributed by atoms with Gasteiger partial charge in [-0.2, -0.15) is 0 Å². The molecule has 1 amide bonds. The standard InChI is InChI=1S/C19H21NO3S/c1-12-5-6-16(14(3)11-12)20-19(22)15(4)23-18(21)8-7-17-13(2)9-10-24-17/h5-11,15H,1-4H3,(H,20,22)/b8-7+/t15-/m0/s1. The van der Waals surface area contributed by atoms with Crippen molar-refractivity contribution < 1.29 is 14.3 Å². The van der Waals surface area contributed by atoms with Gasteiger partial charge >= 0.3 is 5.97 Å². The number of benzene rings is 1. The number of thiophene rings is 1. The van der Waals surface area contributed by atoms with Crippen LogP contribution in [-0.2, 0) is 14.3 Å². The lowest BCUT2D eigenvalue weighted by atomic mass is 10.1. The quantitative estimate of drug-likeness (QED) is 0.652. The zero-order valence-corrected chi connectivity index (χ0v) is 15.1. The van der Waals surface area contributed by atoms with Crippen molar-refractivity contribution >= 4 is 35.0 Å². The average Bonchev–Trinajstić information content (AvgIpc) is 2.93. The second kappa shape index (κ2) is 7.93. The average molecular weight is 343 g/mol. The number of amides is 1. The Kier molecular flexibility index (Phi) is 5.93. The number of anilines is 1. The van der Waals surface area contributed by atoms with Crippen LogP contribution in [-0.4, -0.2) is 18.0 Å². The van der Waals surface area contributed by atoms with Gasteiger partial charge in [0.1, 0.15) is 0 Å². The normalized spacial score (nSPS) is 12.2. The van der Waals surface area contributed by atoms with E-state index in [1.54, 1.807) is 24.3 Å². The molecule has 2 aromatic rings. The van der Waals surface area contributed by atoms with Gasteiger partial charge in [-0.25, -0.2) is 4.79 Å². The zero-order chi connectivity index (χ0) is 17.7. The fourth-order valence-electron chi connectivity index (χ4n) is 2.15. The van der Waals surface area contributed by atoms with Gasteiger partial charge in [-0.15, -0.1) is 11.3 Å². The summed E-state index contributed by atoms with van der Waals surface area (Å²) in [7, 11) is 0. The lowest BCUT2D eigenvalue weighted by Gasteiger charge is -2.14. The molecule has 126 valence electrons. The number of ether oxygens (including phenoxy) is 1. The number of hydrogen-bond donors (Lipinski definition) is 1. The summed E-state index contributed by atoms with van der Waals surface area (Å²) in [6.07, 6.45) is 2.18. The Morgan fingerprint density at radius 3 is 2.54 bits per heavy atom. The van der Waals surface area contributed by atoms with Crippen LogP contribution in [0.4, 0.5) is 5.69 Å². The van der Waals surface area contributed by atoms with Crippen LogP contribution >= 0.6 is 11.3 Å². The summed E-state index contributed by atoms with van der Waals surface area (Å²) >= 11 is 1.55. The topological polar surface area (TPSA) is 55.4 Å². The lowest BCUT2D eigenvalue weighted by Crippen LogP contribution is -2.29. The predicted molar refractivity (Wildman–Crippen MR) is 98.2 cm³/mol. The molecule has 0 bridgehead atoms. The van der Waals surface area contributed by atoms with Gasteiger partial charge in [0.2, 0.25) is 0 Å². The molecular formula is C19H21NO3S. The number of carbonyl (C=O) groups excluding carboxylic acids is 2. The Labute approximate surface area is 146 Å². The van der Waals surface area contributed by atoms with Crippen LogP contribution < -0.4 is 5.32 Å². The maximum absolute atomic E-state index is 12.2. The highest BCUT2D eigenvalue weighted by Gasteiger charge is 2.17. The molecular weight excluding hydrogens is 322 g/mol. The second-order valence-electron chi connectivity index (χ2n) is 5.69. The summed E-state index contributed by atoms with van der Waals surface area (Å²) in [5.74, 6) is -0.887. The maximum atomic E-state index is 12.2. The minimum absolute atomic E-state index is 0.351. The van der Waals surface area contributed by atoms with Gasteiger partial charge in [0, 0.05) is 16.6 Å². The summed E-state index contributed by atoms with van der Waals surface area (Å²) in [5.41, 5.74) is 3.91. The van der Waals surface area contributed by atoms with E-state index in [-0.39, 0.29) is 5.91 Å². The molecule has 0 aliphatic heterocycles. The smallest absolute Gasteiger partial charge is 0.331 e. The van der Waals surface area contributed by atoms with E-state index < -0.39 is 12.1 Å². The molecule has 2 rings (SSSR count). The third kappa shape index (κ3) is 4.80. The predicted octanol–water partition coefficient (Wildman–Crippen LogP) is 4.26. The maximum Gasteiger partial charge on any atom is 0.331 e. The fraction of sp³-hybridized carbons (Fsp3) is 0.263. The van der Waals surface area contributed by atoms with Gasteiger partial charge in [0.15, 0.2) is 6.10 Å². The van der Waals surface area contributed by atoms with Gasteiger partial charge in [-0.3, -0.25) is 4.79 Å². The number of carbonyl (C=O) groups is 2. The van der Waals surface area contributed by atoms with Crippen molar-refractivity contribution in [3.8, 4) is 0 Å². The molecule has 1 N–H and O–H groups in total. The molecule has 0 aliphatic carbocycles. The monoisotopic (exact) mass is 343 g/mol. The first-order valence-electron chi connectivity index (χ1n) is 7.67. The van der Waals surface area contributed by atoms with Crippen molar-refractivity contribution in [2.45, 2.75) is 33.8 Å². The first-order valence-corrected chi connectivity index (χ1v) is 8.55. The second-order valence-corrected chi connectivity index (χ2v) is 6.64. The molecule has 5 heteroatoms. The first kappa shape index (κ1) is 17.9. The molecule has 1 atom stereocenters. The summed E-state index contributed by atoms with van der Waals surface area (Å²) in [6, 6.07) is 7.73. The van der Waals surface area contributed by atoms with Gasteiger partial charge in [-0.1, -0.05) is 17.7 Å². The van der Waals surface area contributed by atoms with Crippen LogP contribution in [0.5, 0.6) is 0 Å². The van der Waals surface area contributed by atoms with E-state index in [2.05, 4.69) is 5.32 Å². The number of aryl methyl sites for hydroxylation is 3. The molecule has 0 unspecified atom stereocenters. The van der Waals surface area contributed by atoms with Crippen LogP contribution in [0.3, 0.4) is 0 Å². The van der Waals surface area contributed by atoms with Gasteiger partial charge in [0.25, 0.3) is 5.91 Å². The van der Waals surface area contributed by atoms with Crippen molar-refractivity contribution in [3.63, 3.8) is 0 Å². The van der Waals surface area contributed by atoms with Crippen LogP contribution in [0.25, 0.3) is 6.08 Å². The van der Waals surface area contributed by atoms with E-state index in [9.17, 15) is 9.59 Å². The van der Waals surface area contributed by atoms with E-state index in [0.29, 0.717) is 0 Å². The minimum Gasteiger partial charge on any atom is -0.449 e. The summed E-state index contributed by atoms with van der Waals surface area (Å²) in [6.45, 7) is 7.44. The minimum atomic E-state index is -0.868. The largest absolute Gasteiger partial charge is 0.449 e. The molecule has 1 aromatic carbocycles. The van der Waals surface area contributed by atoms with E-state index >= 15 is 0 Å². The zero-order valence-electron chi connectivity index (χ0n) is 14.3. The van der Waals surface area contributed by atoms with Crippen LogP contribution in [0.1, 0.15) is 28.5 Å². The van der Waals surface area contributed by atoms with Crippen LogP contribution in [0.15, 0.2) is 35.7 Å². The highest BCUT2D eigenvalue weighted by atomic mass is 32.1. The fourth-order valence-corrected chi connectivity index (χ4v) is 2.97. The number of hydrogen-bond acceptors (Lipinski definition) is 4. The molecule has 1 heterocycles. The van der Waals surface area contributed by atoms with Gasteiger partial charge in [0.05, 0.1) is 0 Å². The Balaban J connectivity index is 1.92. The van der Waals surface area contributed by atoms with Crippen molar-refractivity contribution in [3.05, 3.63) is 57.3 Å². The third-order valence-corrected chi connectivity index (χ3v) is 4.56. The van der Waals surface area contributed by atoms with E-state index in [1.807, 2.05) is 50.4 Å². The molecule has 0 aliphatic rings. The Bertz CT molecular complexity index is 777. The van der Waals surface area contributed by atoms with Crippen molar-refractivity contribution in [2.24, 2.45) is 0 Å². The highest BCUT2D eigenvalue weighted by Crippen LogP contribution is 2.18. The Hall–Kier alpha value is -2.40. The molecule has 4 nitrogen and oxygen atoms in total. The lowest BCUT2D eigenvalue weighted by molar-refractivity contribution is -0.148. The molecule has 1 aromatic heterocycles. The van der Waals surface area contributed by atoms with Gasteiger partial charge < -0.3 is 10.1 Å². The third-order valence-electron chi connectivity index (χ3n) is 3.57. The van der Waals surface area contributed by atoms with E-state index in [4.69, 9.17) is 4.74 Å². The van der Waals surface area contributed by atoms with E-state index in [1.165, 1.54) is 6.08 Å². The summed E-state index contributed by atoms with van der Waals surface area (Å²) in [4.78, 5) is 25.0. The molecule has 24 heavy (non-hydrogen) atoms. The number of esters is 1. The summed E-state index contributed by atoms with van der Waals surface area (Å²) in [5, 5.41) is 4.74. The first-order chi connectivity index (χ1) is 11.4. The van der Waals surface area contributed by atoms with Crippen LogP contribution in [0.2, 0.25) is 0 Å². The van der Waals surface area contributed by atoms with Gasteiger partial charge in [-0.05, 0) is 62.4 Å². The van der Waals surface area contributed by atoms with Crippen molar-refractivity contribution in [1.29, 1.82) is 0 Å². The van der Waals surface area contributed by atoms with Crippen molar-refractivity contribution in [1.82, 2.24) is 0 Å². The Morgan fingerprint density at radius 1 is 1.17 bits per heavy atom. The van der Waals surface area contributed by atoms with E-state index in [0.717, 1.165) is 27.3 Å². The molecule has 0 spiro atoms. The molecule has 0 saturated carbocycles. The molecule has 0 radical (unpaired) electrons.